The van der Waals surface area contributed by atoms with E-state index in [9.17, 15) is 24.2 Å². The van der Waals surface area contributed by atoms with E-state index >= 15 is 0 Å². The summed E-state index contributed by atoms with van der Waals surface area (Å²) in [4.78, 5) is 26.2. The molecule has 0 aromatic heterocycles. The lowest BCUT2D eigenvalue weighted by molar-refractivity contribution is -0.140. The maximum atomic E-state index is 14.4. The van der Waals surface area contributed by atoms with Gasteiger partial charge in [-0.15, -0.1) is 0 Å². The normalized spacial score (nSPS) is 20.4. The molecule has 134 valence electrons. The van der Waals surface area contributed by atoms with Crippen molar-refractivity contribution < 1.29 is 24.2 Å². The summed E-state index contributed by atoms with van der Waals surface area (Å²) in [5.74, 6) is -2.75. The molecule has 6 heteroatoms. The van der Waals surface area contributed by atoms with E-state index < -0.39 is 29.7 Å². The number of aliphatic hydroxyl groups excluding tert-OH is 2. The lowest BCUT2D eigenvalue weighted by atomic mass is 9.95. The Morgan fingerprint density at radius 1 is 1.12 bits per heavy atom. The van der Waals surface area contributed by atoms with Crippen LogP contribution in [0, 0.1) is 5.82 Å². The number of β-amino-alcohol motifs (C(OH)–C–C–N with tert-alkyl or cyclic N) is 1. The number of nitrogens with zero attached hydrogens (tertiary/aromatic N) is 1. The number of halogens is 1. The lowest BCUT2D eigenvalue weighted by Crippen LogP contribution is -2.35. The summed E-state index contributed by atoms with van der Waals surface area (Å²) in [6, 6.07) is 13.0. The van der Waals surface area contributed by atoms with Crippen LogP contribution in [-0.2, 0) is 9.59 Å². The number of carbonyl (C=O) groups excluding carboxylic acids is 2. The summed E-state index contributed by atoms with van der Waals surface area (Å²) in [7, 11) is 0. The molecule has 2 N–H and O–H groups in total. The van der Waals surface area contributed by atoms with Crippen molar-refractivity contribution in [1.82, 2.24) is 4.90 Å². The Balaban J connectivity index is 2.22. The molecular weight excluding hydrogens is 337 g/mol. The highest BCUT2D eigenvalue weighted by Gasteiger charge is 2.47. The van der Waals surface area contributed by atoms with E-state index in [1.54, 1.807) is 36.4 Å². The minimum Gasteiger partial charge on any atom is -0.507 e. The molecule has 1 fully saturated rings. The molecular formula is C20H18FNO4. The van der Waals surface area contributed by atoms with E-state index in [4.69, 9.17) is 0 Å². The fraction of sp³-hybridized carbons (Fsp3) is 0.200. The Morgan fingerprint density at radius 3 is 2.35 bits per heavy atom. The van der Waals surface area contributed by atoms with Crippen LogP contribution in [0.5, 0.6) is 0 Å². The van der Waals surface area contributed by atoms with Gasteiger partial charge in [0, 0.05) is 17.7 Å². The SMILES string of the molecule is C[C@@H](O)CN1C(=O)C(=O)C(=C(O)c2ccccc2)[C@H]1c1ccccc1F. The van der Waals surface area contributed by atoms with Crippen LogP contribution in [0.25, 0.3) is 5.76 Å². The van der Waals surface area contributed by atoms with Gasteiger partial charge in [-0.05, 0) is 13.0 Å². The van der Waals surface area contributed by atoms with Gasteiger partial charge in [0.2, 0.25) is 0 Å². The Kier molecular flexibility index (Phi) is 4.86. The Hall–Kier alpha value is -2.99. The van der Waals surface area contributed by atoms with Gasteiger partial charge < -0.3 is 15.1 Å². The Morgan fingerprint density at radius 2 is 1.73 bits per heavy atom. The van der Waals surface area contributed by atoms with E-state index in [-0.39, 0.29) is 23.4 Å². The number of Topliss-reactive ketones (excluding diaryl/α,β-unsaturated/α-hetero) is 1. The standard InChI is InChI=1S/C20H18FNO4/c1-12(23)11-22-17(14-9-5-6-10-15(14)21)16(19(25)20(22)26)18(24)13-7-3-2-4-8-13/h2-10,12,17,23-24H,11H2,1H3/t12-,17-/m1/s1. The first-order valence-corrected chi connectivity index (χ1v) is 8.18. The third-order valence-electron chi connectivity index (χ3n) is 4.25. The van der Waals surface area contributed by atoms with Crippen molar-refractivity contribution in [2.45, 2.75) is 19.1 Å². The second-order valence-electron chi connectivity index (χ2n) is 6.19. The number of hydrogen-bond donors (Lipinski definition) is 2. The molecule has 0 spiro atoms. The molecule has 1 aliphatic heterocycles. The van der Waals surface area contributed by atoms with E-state index in [0.717, 1.165) is 4.90 Å². The molecule has 1 saturated heterocycles. The minimum atomic E-state index is -1.11. The first-order chi connectivity index (χ1) is 12.4. The van der Waals surface area contributed by atoms with Crippen LogP contribution in [0.2, 0.25) is 0 Å². The van der Waals surface area contributed by atoms with E-state index in [2.05, 4.69) is 0 Å². The summed E-state index contributed by atoms with van der Waals surface area (Å²) in [6.07, 6.45) is -0.917. The van der Waals surface area contributed by atoms with Crippen molar-refractivity contribution in [1.29, 1.82) is 0 Å². The van der Waals surface area contributed by atoms with Gasteiger partial charge in [0.1, 0.15) is 11.6 Å². The number of hydrogen-bond acceptors (Lipinski definition) is 4. The maximum absolute atomic E-state index is 14.4. The van der Waals surface area contributed by atoms with Crippen LogP contribution in [-0.4, -0.2) is 39.5 Å². The number of ketones is 1. The van der Waals surface area contributed by atoms with Crippen LogP contribution in [0.3, 0.4) is 0 Å². The molecule has 0 aliphatic carbocycles. The monoisotopic (exact) mass is 355 g/mol. The minimum absolute atomic E-state index is 0.0878. The van der Waals surface area contributed by atoms with Gasteiger partial charge in [-0.1, -0.05) is 48.5 Å². The number of rotatable bonds is 4. The van der Waals surface area contributed by atoms with Gasteiger partial charge >= 0.3 is 0 Å². The van der Waals surface area contributed by atoms with Crippen molar-refractivity contribution in [2.75, 3.05) is 6.54 Å². The van der Waals surface area contributed by atoms with Crippen LogP contribution in [0.4, 0.5) is 4.39 Å². The molecule has 0 unspecified atom stereocenters. The molecule has 5 nitrogen and oxygen atoms in total. The topological polar surface area (TPSA) is 77.8 Å². The van der Waals surface area contributed by atoms with E-state index in [1.807, 2.05) is 0 Å². The van der Waals surface area contributed by atoms with Gasteiger partial charge in [-0.3, -0.25) is 9.59 Å². The molecule has 2 aromatic rings. The van der Waals surface area contributed by atoms with E-state index in [0.29, 0.717) is 5.56 Å². The number of carbonyl (C=O) groups is 2. The summed E-state index contributed by atoms with van der Waals surface area (Å²) < 4.78 is 14.4. The molecule has 1 amide bonds. The van der Waals surface area contributed by atoms with Crippen LogP contribution >= 0.6 is 0 Å². The van der Waals surface area contributed by atoms with Gasteiger partial charge in [-0.25, -0.2) is 4.39 Å². The van der Waals surface area contributed by atoms with Gasteiger partial charge in [-0.2, -0.15) is 0 Å². The Bertz CT molecular complexity index is 876. The molecule has 1 heterocycles. The smallest absolute Gasteiger partial charge is 0.295 e. The molecule has 2 atom stereocenters. The van der Waals surface area contributed by atoms with Crippen molar-refractivity contribution in [2.24, 2.45) is 0 Å². The zero-order valence-corrected chi connectivity index (χ0v) is 14.1. The van der Waals surface area contributed by atoms with Crippen molar-refractivity contribution >= 4 is 17.4 Å². The van der Waals surface area contributed by atoms with Crippen LogP contribution < -0.4 is 0 Å². The third-order valence-corrected chi connectivity index (χ3v) is 4.25. The summed E-state index contributed by atoms with van der Waals surface area (Å²) >= 11 is 0. The highest BCUT2D eigenvalue weighted by atomic mass is 19.1. The fourth-order valence-corrected chi connectivity index (χ4v) is 3.12. The molecule has 2 aromatic carbocycles. The zero-order chi connectivity index (χ0) is 18.8. The summed E-state index contributed by atoms with van der Waals surface area (Å²) in [6.45, 7) is 1.31. The average Bonchev–Trinajstić information content (AvgIpc) is 2.87. The zero-order valence-electron chi connectivity index (χ0n) is 14.1. The predicted molar refractivity (Wildman–Crippen MR) is 93.5 cm³/mol. The first kappa shape index (κ1) is 17.8. The Labute approximate surface area is 150 Å². The second-order valence-corrected chi connectivity index (χ2v) is 6.19. The summed E-state index contributed by atoms with van der Waals surface area (Å²) in [5.41, 5.74) is 0.251. The number of aliphatic hydroxyl groups is 2. The number of benzene rings is 2. The second kappa shape index (κ2) is 7.09. The van der Waals surface area contributed by atoms with E-state index in [1.165, 1.54) is 25.1 Å². The van der Waals surface area contributed by atoms with Crippen molar-refractivity contribution in [3.05, 3.63) is 77.1 Å². The highest BCUT2D eigenvalue weighted by molar-refractivity contribution is 6.46. The molecule has 0 radical (unpaired) electrons. The third kappa shape index (κ3) is 3.11. The van der Waals surface area contributed by atoms with Crippen LogP contribution in [0.1, 0.15) is 24.1 Å². The fourth-order valence-electron chi connectivity index (χ4n) is 3.12. The number of likely N-dealkylation sites (tertiary alicyclic amines) is 1. The van der Waals surface area contributed by atoms with Crippen molar-refractivity contribution in [3.63, 3.8) is 0 Å². The van der Waals surface area contributed by atoms with Gasteiger partial charge in [0.05, 0.1) is 17.7 Å². The van der Waals surface area contributed by atoms with Gasteiger partial charge in [0.25, 0.3) is 11.7 Å². The quantitative estimate of drug-likeness (QED) is 0.502. The number of amides is 1. The van der Waals surface area contributed by atoms with Gasteiger partial charge in [0.15, 0.2) is 0 Å². The molecule has 0 bridgehead atoms. The molecule has 26 heavy (non-hydrogen) atoms. The van der Waals surface area contributed by atoms with Crippen LogP contribution in [0.15, 0.2) is 60.2 Å². The summed E-state index contributed by atoms with van der Waals surface area (Å²) in [5, 5.41) is 20.4. The predicted octanol–water partition coefficient (Wildman–Crippen LogP) is 2.63. The maximum Gasteiger partial charge on any atom is 0.295 e. The molecule has 0 saturated carbocycles. The largest absolute Gasteiger partial charge is 0.507 e. The lowest BCUT2D eigenvalue weighted by Gasteiger charge is -2.26. The molecule has 1 aliphatic rings. The average molecular weight is 355 g/mol. The first-order valence-electron chi connectivity index (χ1n) is 8.18. The molecule has 3 rings (SSSR count). The highest BCUT2D eigenvalue weighted by Crippen LogP contribution is 2.40. The van der Waals surface area contributed by atoms with Crippen molar-refractivity contribution in [3.8, 4) is 0 Å².